The summed E-state index contributed by atoms with van der Waals surface area (Å²) in [5.41, 5.74) is 0. The van der Waals surface area contributed by atoms with Crippen LogP contribution in [0.2, 0.25) is 0 Å². The van der Waals surface area contributed by atoms with Crippen molar-refractivity contribution in [3.05, 3.63) is 0 Å². The van der Waals surface area contributed by atoms with Crippen LogP contribution in [0.5, 0.6) is 0 Å². The summed E-state index contributed by atoms with van der Waals surface area (Å²) >= 11 is 0. The molecule has 0 amide bonds. The Bertz CT molecular complexity index is 198. The van der Waals surface area contributed by atoms with Crippen LogP contribution in [-0.2, 0) is 19.6 Å². The second-order valence-electron chi connectivity index (χ2n) is 5.61. The zero-order chi connectivity index (χ0) is 14.0. The van der Waals surface area contributed by atoms with Gasteiger partial charge in [0.05, 0.1) is 13.2 Å². The van der Waals surface area contributed by atoms with Gasteiger partial charge in [0, 0.05) is 12.8 Å². The van der Waals surface area contributed by atoms with E-state index in [0.29, 0.717) is 13.2 Å². The smallest absolute Gasteiger partial charge is 0.234 e. The van der Waals surface area contributed by atoms with Crippen molar-refractivity contribution < 1.29 is 19.6 Å². The fourth-order valence-electron chi connectivity index (χ4n) is 2.09. The van der Waals surface area contributed by atoms with Gasteiger partial charge in [-0.05, 0) is 31.6 Å². The Morgan fingerprint density at radius 3 is 1.79 bits per heavy atom. The topological polar surface area (TPSA) is 36.9 Å². The summed E-state index contributed by atoms with van der Waals surface area (Å²) < 4.78 is 0. The van der Waals surface area contributed by atoms with E-state index < -0.39 is 5.79 Å². The molecule has 0 aromatic rings. The molecule has 1 aliphatic rings. The first-order chi connectivity index (χ1) is 9.22. The van der Waals surface area contributed by atoms with E-state index in [-0.39, 0.29) is 0 Å². The zero-order valence-electron chi connectivity index (χ0n) is 12.8. The van der Waals surface area contributed by atoms with E-state index in [0.717, 1.165) is 57.3 Å². The SMILES string of the molecule is CCCCOOC1(OOCCCC)CCC(C)CC1. The van der Waals surface area contributed by atoms with Gasteiger partial charge < -0.3 is 0 Å². The second kappa shape index (κ2) is 9.70. The summed E-state index contributed by atoms with van der Waals surface area (Å²) in [5.74, 6) is 0.0418. The molecule has 0 saturated heterocycles. The lowest BCUT2D eigenvalue weighted by atomic mass is 9.86. The summed E-state index contributed by atoms with van der Waals surface area (Å²) in [6, 6.07) is 0. The van der Waals surface area contributed by atoms with Crippen LogP contribution in [0.3, 0.4) is 0 Å². The molecule has 0 heterocycles. The van der Waals surface area contributed by atoms with Crippen LogP contribution in [0, 0.1) is 5.92 Å². The Hall–Kier alpha value is -0.160. The molecule has 1 saturated carbocycles. The van der Waals surface area contributed by atoms with E-state index in [9.17, 15) is 0 Å². The van der Waals surface area contributed by atoms with E-state index in [1.165, 1.54) is 0 Å². The first-order valence-corrected chi connectivity index (χ1v) is 7.83. The minimum absolute atomic E-state index is 0.617. The molecule has 19 heavy (non-hydrogen) atoms. The molecule has 0 atom stereocenters. The molecule has 0 aromatic heterocycles. The summed E-state index contributed by atoms with van der Waals surface area (Å²) in [7, 11) is 0. The van der Waals surface area contributed by atoms with Gasteiger partial charge in [0.2, 0.25) is 5.79 Å². The molecule has 0 aromatic carbocycles. The van der Waals surface area contributed by atoms with Gasteiger partial charge >= 0.3 is 0 Å². The molecule has 0 aliphatic heterocycles. The van der Waals surface area contributed by atoms with Crippen LogP contribution in [-0.4, -0.2) is 19.0 Å². The van der Waals surface area contributed by atoms with Crippen LogP contribution in [0.25, 0.3) is 0 Å². The van der Waals surface area contributed by atoms with Crippen LogP contribution in [0.1, 0.15) is 72.1 Å². The Kier molecular flexibility index (Phi) is 8.62. The average molecular weight is 274 g/mol. The van der Waals surface area contributed by atoms with E-state index in [1.54, 1.807) is 0 Å². The molecule has 0 bridgehead atoms. The lowest BCUT2D eigenvalue weighted by Crippen LogP contribution is -2.40. The van der Waals surface area contributed by atoms with Crippen molar-refractivity contribution in [3.8, 4) is 0 Å². The largest absolute Gasteiger partial charge is 0.234 e. The zero-order valence-corrected chi connectivity index (χ0v) is 12.8. The Balaban J connectivity index is 2.33. The standard InChI is InChI=1S/C15H30O4/c1-4-6-12-16-18-15(19-17-13-7-5-2)10-8-14(3)9-11-15/h14H,4-13H2,1-3H3. The summed E-state index contributed by atoms with van der Waals surface area (Å²) in [5, 5.41) is 0. The lowest BCUT2D eigenvalue weighted by molar-refractivity contribution is -0.517. The maximum atomic E-state index is 5.55. The molecule has 1 aliphatic carbocycles. The second-order valence-corrected chi connectivity index (χ2v) is 5.61. The molecule has 0 radical (unpaired) electrons. The van der Waals surface area contributed by atoms with Gasteiger partial charge in [-0.15, -0.1) is 0 Å². The van der Waals surface area contributed by atoms with Crippen LogP contribution < -0.4 is 0 Å². The number of hydrogen-bond donors (Lipinski definition) is 0. The highest BCUT2D eigenvalue weighted by Crippen LogP contribution is 2.36. The van der Waals surface area contributed by atoms with Crippen LogP contribution >= 0.6 is 0 Å². The monoisotopic (exact) mass is 274 g/mol. The maximum Gasteiger partial charge on any atom is 0.234 e. The van der Waals surface area contributed by atoms with Crippen molar-refractivity contribution >= 4 is 0 Å². The quantitative estimate of drug-likeness (QED) is 0.256. The van der Waals surface area contributed by atoms with Crippen molar-refractivity contribution in [3.63, 3.8) is 0 Å². The number of hydrogen-bond acceptors (Lipinski definition) is 4. The third-order valence-electron chi connectivity index (χ3n) is 3.62. The van der Waals surface area contributed by atoms with Gasteiger partial charge in [0.15, 0.2) is 0 Å². The van der Waals surface area contributed by atoms with Gasteiger partial charge in [-0.1, -0.05) is 33.6 Å². The molecule has 0 spiro atoms. The molecular weight excluding hydrogens is 244 g/mol. The highest BCUT2D eigenvalue weighted by Gasteiger charge is 2.39. The van der Waals surface area contributed by atoms with Crippen molar-refractivity contribution in [2.75, 3.05) is 13.2 Å². The molecule has 0 N–H and O–H groups in total. The van der Waals surface area contributed by atoms with Gasteiger partial charge in [-0.3, -0.25) is 0 Å². The van der Waals surface area contributed by atoms with Crippen molar-refractivity contribution in [1.82, 2.24) is 0 Å². The normalized spacial score (nSPS) is 19.7. The lowest BCUT2D eigenvalue weighted by Gasteiger charge is -2.35. The maximum absolute atomic E-state index is 5.55. The third kappa shape index (κ3) is 6.70. The minimum atomic E-state index is -0.687. The summed E-state index contributed by atoms with van der Waals surface area (Å²) in [6.45, 7) is 7.76. The van der Waals surface area contributed by atoms with Crippen LogP contribution in [0.15, 0.2) is 0 Å². The predicted octanol–water partition coefficient (Wildman–Crippen LogP) is 4.39. The highest BCUT2D eigenvalue weighted by atomic mass is 17.3. The summed E-state index contributed by atoms with van der Waals surface area (Å²) in [4.78, 5) is 21.7. The van der Waals surface area contributed by atoms with Crippen molar-refractivity contribution in [2.24, 2.45) is 5.92 Å². The Morgan fingerprint density at radius 2 is 1.37 bits per heavy atom. The Labute approximate surface area is 117 Å². The average Bonchev–Trinajstić information content (AvgIpc) is 2.43. The Morgan fingerprint density at radius 1 is 0.895 bits per heavy atom. The fourth-order valence-corrected chi connectivity index (χ4v) is 2.09. The van der Waals surface area contributed by atoms with Crippen molar-refractivity contribution in [2.45, 2.75) is 77.9 Å². The van der Waals surface area contributed by atoms with E-state index in [2.05, 4.69) is 20.8 Å². The van der Waals surface area contributed by atoms with E-state index >= 15 is 0 Å². The van der Waals surface area contributed by atoms with Crippen LogP contribution in [0.4, 0.5) is 0 Å². The first kappa shape index (κ1) is 16.9. The van der Waals surface area contributed by atoms with E-state index in [4.69, 9.17) is 19.6 Å². The number of unbranched alkanes of at least 4 members (excludes halogenated alkanes) is 2. The predicted molar refractivity (Wildman–Crippen MR) is 74.3 cm³/mol. The third-order valence-corrected chi connectivity index (χ3v) is 3.62. The molecule has 114 valence electrons. The number of rotatable bonds is 10. The van der Waals surface area contributed by atoms with Gasteiger partial charge in [0.1, 0.15) is 0 Å². The first-order valence-electron chi connectivity index (χ1n) is 7.83. The minimum Gasteiger partial charge on any atom is -0.234 e. The fraction of sp³-hybridized carbons (Fsp3) is 1.00. The molecule has 0 unspecified atom stereocenters. The molecule has 1 rings (SSSR count). The van der Waals surface area contributed by atoms with Gasteiger partial charge in [-0.25, -0.2) is 9.78 Å². The van der Waals surface area contributed by atoms with Crippen molar-refractivity contribution in [1.29, 1.82) is 0 Å². The summed E-state index contributed by atoms with van der Waals surface area (Å²) in [6.07, 6.45) is 8.07. The molecule has 4 heteroatoms. The van der Waals surface area contributed by atoms with Gasteiger partial charge in [-0.2, -0.15) is 9.78 Å². The van der Waals surface area contributed by atoms with E-state index in [1.807, 2.05) is 0 Å². The molecule has 4 nitrogen and oxygen atoms in total. The molecular formula is C15H30O4. The van der Waals surface area contributed by atoms with Gasteiger partial charge in [0.25, 0.3) is 0 Å². The highest BCUT2D eigenvalue weighted by molar-refractivity contribution is 4.76. The molecule has 1 fully saturated rings.